The number of aryl methyl sites for hydroxylation is 1. The van der Waals surface area contributed by atoms with Crippen molar-refractivity contribution in [3.8, 4) is 0 Å². The van der Waals surface area contributed by atoms with Gasteiger partial charge in [-0.2, -0.15) is 13.2 Å². The summed E-state index contributed by atoms with van der Waals surface area (Å²) in [7, 11) is 0. The molecule has 23 heavy (non-hydrogen) atoms. The van der Waals surface area contributed by atoms with Gasteiger partial charge in [0, 0.05) is 23.5 Å². The molecule has 0 saturated carbocycles. The lowest BCUT2D eigenvalue weighted by Crippen LogP contribution is -2.06. The Bertz CT molecular complexity index is 736. The molecule has 0 atom stereocenters. The number of anilines is 1. The first-order valence-corrected chi connectivity index (χ1v) is 7.06. The number of alkyl halides is 3. The molecule has 1 N–H and O–H groups in total. The molecule has 0 radical (unpaired) electrons. The van der Waals surface area contributed by atoms with E-state index in [9.17, 15) is 18.0 Å². The fourth-order valence-corrected chi connectivity index (χ4v) is 2.08. The van der Waals surface area contributed by atoms with E-state index in [1.165, 1.54) is 18.3 Å². The highest BCUT2D eigenvalue weighted by atomic mass is 35.5. The molecule has 0 fully saturated rings. The van der Waals surface area contributed by atoms with E-state index < -0.39 is 11.7 Å². The van der Waals surface area contributed by atoms with E-state index in [0.717, 1.165) is 17.7 Å². The normalized spacial score (nSPS) is 11.7. The van der Waals surface area contributed by atoms with Crippen molar-refractivity contribution in [2.75, 3.05) is 5.32 Å². The maximum Gasteiger partial charge on any atom is 0.417 e. The van der Waals surface area contributed by atoms with E-state index in [1.54, 1.807) is 12.1 Å². The molecule has 2 aromatic rings. The quantitative estimate of drug-likeness (QED) is 0.590. The third kappa shape index (κ3) is 4.60. The number of ketones is 1. The van der Waals surface area contributed by atoms with Crippen molar-refractivity contribution in [3.63, 3.8) is 0 Å². The maximum atomic E-state index is 12.7. The van der Waals surface area contributed by atoms with Gasteiger partial charge < -0.3 is 5.32 Å². The van der Waals surface area contributed by atoms with Gasteiger partial charge in [0.15, 0.2) is 5.78 Å². The summed E-state index contributed by atoms with van der Waals surface area (Å²) in [5.41, 5.74) is 0.794. The lowest BCUT2D eigenvalue weighted by molar-refractivity contribution is -0.137. The SMILES string of the molecule is Cc1ccc(C(=O)C=CNc2ccc(Cl)c(C(F)(F)F)c2)cc1. The zero-order valence-corrected chi connectivity index (χ0v) is 12.9. The summed E-state index contributed by atoms with van der Waals surface area (Å²) in [6.07, 6.45) is -1.98. The number of carbonyl (C=O) groups is 1. The Morgan fingerprint density at radius 3 is 2.39 bits per heavy atom. The number of halogens is 4. The zero-order chi connectivity index (χ0) is 17.0. The average Bonchev–Trinajstić information content (AvgIpc) is 2.48. The van der Waals surface area contributed by atoms with E-state index in [4.69, 9.17) is 11.6 Å². The van der Waals surface area contributed by atoms with Gasteiger partial charge in [-0.05, 0) is 25.1 Å². The highest BCUT2D eigenvalue weighted by Crippen LogP contribution is 2.36. The number of allylic oxidation sites excluding steroid dienone is 1. The molecule has 0 bridgehead atoms. The number of hydrogen-bond donors (Lipinski definition) is 1. The largest absolute Gasteiger partial charge is 0.417 e. The van der Waals surface area contributed by atoms with E-state index in [2.05, 4.69) is 5.32 Å². The second-order valence-electron chi connectivity index (χ2n) is 4.90. The summed E-state index contributed by atoms with van der Waals surface area (Å²) < 4.78 is 38.2. The monoisotopic (exact) mass is 339 g/mol. The van der Waals surface area contributed by atoms with Gasteiger partial charge in [-0.15, -0.1) is 0 Å². The smallest absolute Gasteiger partial charge is 0.362 e. The van der Waals surface area contributed by atoms with Crippen LogP contribution in [0.2, 0.25) is 5.02 Å². The summed E-state index contributed by atoms with van der Waals surface area (Å²) in [5, 5.41) is 2.26. The topological polar surface area (TPSA) is 29.1 Å². The van der Waals surface area contributed by atoms with Gasteiger partial charge in [-0.1, -0.05) is 41.4 Å². The average molecular weight is 340 g/mol. The van der Waals surface area contributed by atoms with Crippen molar-refractivity contribution in [1.82, 2.24) is 0 Å². The van der Waals surface area contributed by atoms with Crippen LogP contribution in [0, 0.1) is 6.92 Å². The Kier molecular flexibility index (Phi) is 5.11. The van der Waals surface area contributed by atoms with Crippen LogP contribution < -0.4 is 5.32 Å². The third-order valence-corrected chi connectivity index (χ3v) is 3.42. The molecule has 0 unspecified atom stereocenters. The Balaban J connectivity index is 2.08. The fourth-order valence-electron chi connectivity index (χ4n) is 1.86. The molecule has 0 saturated heterocycles. The van der Waals surface area contributed by atoms with Gasteiger partial charge in [0.05, 0.1) is 10.6 Å². The number of carbonyl (C=O) groups excluding carboxylic acids is 1. The summed E-state index contributed by atoms with van der Waals surface area (Å²) in [5.74, 6) is -0.248. The van der Waals surface area contributed by atoms with E-state index >= 15 is 0 Å². The number of benzene rings is 2. The highest BCUT2D eigenvalue weighted by Gasteiger charge is 2.33. The number of hydrogen-bond acceptors (Lipinski definition) is 2. The Morgan fingerprint density at radius 2 is 1.78 bits per heavy atom. The van der Waals surface area contributed by atoms with Crippen LogP contribution in [0.15, 0.2) is 54.7 Å². The van der Waals surface area contributed by atoms with Crippen LogP contribution in [0.3, 0.4) is 0 Å². The zero-order valence-electron chi connectivity index (χ0n) is 12.1. The van der Waals surface area contributed by atoms with E-state index in [-0.39, 0.29) is 16.5 Å². The molecule has 2 rings (SSSR count). The summed E-state index contributed by atoms with van der Waals surface area (Å²) in [4.78, 5) is 11.9. The Morgan fingerprint density at radius 1 is 1.13 bits per heavy atom. The summed E-state index contributed by atoms with van der Waals surface area (Å²) >= 11 is 5.54. The maximum absolute atomic E-state index is 12.7. The van der Waals surface area contributed by atoms with Gasteiger partial charge >= 0.3 is 6.18 Å². The van der Waals surface area contributed by atoms with Gasteiger partial charge in [0.2, 0.25) is 0 Å². The van der Waals surface area contributed by atoms with Crippen LogP contribution in [0.4, 0.5) is 18.9 Å². The highest BCUT2D eigenvalue weighted by molar-refractivity contribution is 6.31. The van der Waals surface area contributed by atoms with Crippen LogP contribution in [-0.4, -0.2) is 5.78 Å². The van der Waals surface area contributed by atoms with Gasteiger partial charge in [-0.3, -0.25) is 4.79 Å². The van der Waals surface area contributed by atoms with E-state index in [0.29, 0.717) is 5.56 Å². The summed E-state index contributed by atoms with van der Waals surface area (Å²) in [6, 6.07) is 10.4. The fraction of sp³-hybridized carbons (Fsp3) is 0.118. The number of rotatable bonds is 4. The van der Waals surface area contributed by atoms with Crippen LogP contribution in [0.25, 0.3) is 0 Å². The molecular weight excluding hydrogens is 327 g/mol. The van der Waals surface area contributed by atoms with Crippen LogP contribution in [0.1, 0.15) is 21.5 Å². The first kappa shape index (κ1) is 17.1. The molecule has 2 nitrogen and oxygen atoms in total. The predicted octanol–water partition coefficient (Wildman–Crippen LogP) is 5.48. The lowest BCUT2D eigenvalue weighted by atomic mass is 10.1. The molecule has 0 heterocycles. The lowest BCUT2D eigenvalue weighted by Gasteiger charge is -2.10. The minimum absolute atomic E-state index is 0.190. The molecule has 0 amide bonds. The molecule has 0 spiro atoms. The van der Waals surface area contributed by atoms with Crippen molar-refractivity contribution in [2.24, 2.45) is 0 Å². The molecule has 0 aliphatic carbocycles. The number of nitrogens with one attached hydrogen (secondary N) is 1. The second kappa shape index (κ2) is 6.87. The predicted molar refractivity (Wildman–Crippen MR) is 84.7 cm³/mol. The van der Waals surface area contributed by atoms with Crippen LogP contribution in [0.5, 0.6) is 0 Å². The molecule has 2 aromatic carbocycles. The minimum Gasteiger partial charge on any atom is -0.362 e. The molecule has 120 valence electrons. The van der Waals surface area contributed by atoms with Crippen molar-refractivity contribution in [3.05, 3.63) is 76.5 Å². The van der Waals surface area contributed by atoms with Gasteiger partial charge in [-0.25, -0.2) is 0 Å². The standard InChI is InChI=1S/C17H13ClF3NO/c1-11-2-4-12(5-3-11)16(23)8-9-22-13-6-7-15(18)14(10-13)17(19,20)21/h2-10,22H,1H3. The Hall–Kier alpha value is -2.27. The molecule has 0 aliphatic rings. The first-order valence-electron chi connectivity index (χ1n) is 6.68. The molecule has 0 aromatic heterocycles. The van der Waals surface area contributed by atoms with Crippen LogP contribution in [-0.2, 0) is 6.18 Å². The first-order chi connectivity index (χ1) is 10.8. The second-order valence-corrected chi connectivity index (χ2v) is 5.31. The van der Waals surface area contributed by atoms with Crippen LogP contribution >= 0.6 is 11.6 Å². The van der Waals surface area contributed by atoms with Crippen molar-refractivity contribution < 1.29 is 18.0 Å². The molecule has 0 aliphatic heterocycles. The van der Waals surface area contributed by atoms with Crippen molar-refractivity contribution >= 4 is 23.1 Å². The third-order valence-electron chi connectivity index (χ3n) is 3.09. The van der Waals surface area contributed by atoms with Crippen molar-refractivity contribution in [2.45, 2.75) is 13.1 Å². The van der Waals surface area contributed by atoms with Gasteiger partial charge in [0.1, 0.15) is 0 Å². The Labute approximate surface area is 136 Å². The molecular formula is C17H13ClF3NO. The molecule has 6 heteroatoms. The van der Waals surface area contributed by atoms with Gasteiger partial charge in [0.25, 0.3) is 0 Å². The van der Waals surface area contributed by atoms with E-state index in [1.807, 2.05) is 19.1 Å². The summed E-state index contributed by atoms with van der Waals surface area (Å²) in [6.45, 7) is 1.91. The van der Waals surface area contributed by atoms with Crippen molar-refractivity contribution in [1.29, 1.82) is 0 Å². The minimum atomic E-state index is -4.53.